The van der Waals surface area contributed by atoms with Gasteiger partial charge in [0.1, 0.15) is 0 Å². The third-order valence-corrected chi connectivity index (χ3v) is 9.40. The quantitative estimate of drug-likeness (QED) is 0.210. The number of hydrogen-bond acceptors (Lipinski definition) is 7. The fourth-order valence-electron chi connectivity index (χ4n) is 6.68. The lowest BCUT2D eigenvalue weighted by atomic mass is 9.89. The summed E-state index contributed by atoms with van der Waals surface area (Å²) in [5, 5.41) is 12.5. The number of carbonyl (C=O) groups excluding carboxylic acids is 1. The maximum Gasteiger partial charge on any atom is 0.217 e. The van der Waals surface area contributed by atoms with E-state index in [1.165, 1.54) is 18.1 Å². The van der Waals surface area contributed by atoms with Crippen molar-refractivity contribution >= 4 is 5.91 Å². The molecule has 2 aliphatic heterocycles. The van der Waals surface area contributed by atoms with Crippen molar-refractivity contribution in [1.29, 1.82) is 0 Å². The smallest absolute Gasteiger partial charge is 0.217 e. The van der Waals surface area contributed by atoms with Crippen LogP contribution in [0.2, 0.25) is 0 Å². The number of aliphatic hydroxyl groups excluding tert-OH is 1. The van der Waals surface area contributed by atoms with E-state index in [2.05, 4.69) is 71.7 Å². The molecule has 0 saturated carbocycles. The Morgan fingerprint density at radius 2 is 1.60 bits per heavy atom. The summed E-state index contributed by atoms with van der Waals surface area (Å²) in [5.41, 5.74) is 8.61. The van der Waals surface area contributed by atoms with Crippen LogP contribution in [0.4, 0.5) is 0 Å². The molecular formula is C39H44N2O6. The fourth-order valence-corrected chi connectivity index (χ4v) is 6.68. The maximum absolute atomic E-state index is 11.6. The minimum atomic E-state index is -0.552. The molecule has 4 aromatic carbocycles. The van der Waals surface area contributed by atoms with Crippen molar-refractivity contribution in [2.24, 2.45) is 5.92 Å². The lowest BCUT2D eigenvalue weighted by molar-refractivity contribution is -0.276. The van der Waals surface area contributed by atoms with Crippen molar-refractivity contribution in [3.63, 3.8) is 0 Å². The normalized spacial score (nSPS) is 21.1. The third-order valence-electron chi connectivity index (χ3n) is 9.40. The van der Waals surface area contributed by atoms with Crippen LogP contribution in [0, 0.1) is 5.92 Å². The Hall–Kier alpha value is -4.21. The van der Waals surface area contributed by atoms with Gasteiger partial charge in [0, 0.05) is 44.6 Å². The lowest BCUT2D eigenvalue weighted by Gasteiger charge is -2.43. The van der Waals surface area contributed by atoms with Gasteiger partial charge in [-0.25, -0.2) is 0 Å². The van der Waals surface area contributed by atoms with E-state index in [1.807, 2.05) is 30.3 Å². The number of nitrogens with zero attached hydrogens (tertiary/aromatic N) is 1. The molecule has 47 heavy (non-hydrogen) atoms. The van der Waals surface area contributed by atoms with Crippen molar-refractivity contribution in [3.05, 3.63) is 118 Å². The second-order valence-corrected chi connectivity index (χ2v) is 12.5. The lowest BCUT2D eigenvalue weighted by Crippen LogP contribution is -2.45. The maximum atomic E-state index is 11.6. The van der Waals surface area contributed by atoms with Gasteiger partial charge < -0.3 is 29.4 Å². The number of fused-ring (bicyclic) bond motifs is 1. The molecule has 1 amide bonds. The Bertz CT molecular complexity index is 1670. The second-order valence-electron chi connectivity index (χ2n) is 12.5. The van der Waals surface area contributed by atoms with Crippen molar-refractivity contribution in [1.82, 2.24) is 10.2 Å². The number of ether oxygens (including phenoxy) is 4. The Morgan fingerprint density at radius 3 is 2.28 bits per heavy atom. The van der Waals surface area contributed by atoms with E-state index in [-0.39, 0.29) is 30.6 Å². The average Bonchev–Trinajstić information content (AvgIpc) is 3.11. The Morgan fingerprint density at radius 1 is 0.915 bits per heavy atom. The van der Waals surface area contributed by atoms with E-state index in [9.17, 15) is 9.90 Å². The molecule has 0 radical (unpaired) electrons. The highest BCUT2D eigenvalue weighted by molar-refractivity contribution is 5.74. The summed E-state index contributed by atoms with van der Waals surface area (Å²) in [6.07, 6.45) is 0.0963. The molecule has 0 spiro atoms. The predicted octanol–water partition coefficient (Wildman–Crippen LogP) is 6.35. The molecule has 0 aromatic heterocycles. The summed E-state index contributed by atoms with van der Waals surface area (Å²) in [7, 11) is 3.35. The van der Waals surface area contributed by atoms with E-state index in [1.54, 1.807) is 14.2 Å². The Balaban J connectivity index is 1.25. The van der Waals surface area contributed by atoms with E-state index >= 15 is 0 Å². The molecule has 2 N–H and O–H groups in total. The van der Waals surface area contributed by atoms with Crippen molar-refractivity contribution in [3.8, 4) is 22.6 Å². The molecular weight excluding hydrogens is 592 g/mol. The highest BCUT2D eigenvalue weighted by atomic mass is 16.7. The molecule has 1 fully saturated rings. The summed E-state index contributed by atoms with van der Waals surface area (Å²) < 4.78 is 24.7. The van der Waals surface area contributed by atoms with E-state index in [0.29, 0.717) is 6.54 Å². The van der Waals surface area contributed by atoms with Gasteiger partial charge in [-0.05, 0) is 57.5 Å². The highest BCUT2D eigenvalue weighted by Crippen LogP contribution is 2.43. The monoisotopic (exact) mass is 636 g/mol. The number of methoxy groups -OCH3 is 2. The molecule has 0 unspecified atom stereocenters. The van der Waals surface area contributed by atoms with Crippen LogP contribution in [0.3, 0.4) is 0 Å². The van der Waals surface area contributed by atoms with E-state index < -0.39 is 6.29 Å². The summed E-state index contributed by atoms with van der Waals surface area (Å²) in [6.45, 7) is 6.69. The van der Waals surface area contributed by atoms with Crippen LogP contribution < -0.4 is 14.8 Å². The van der Waals surface area contributed by atoms with Crippen LogP contribution in [0.25, 0.3) is 11.1 Å². The number of carbonyl (C=O) groups is 1. The minimum Gasteiger partial charge on any atom is -0.493 e. The van der Waals surface area contributed by atoms with E-state index in [0.717, 1.165) is 70.9 Å². The summed E-state index contributed by atoms with van der Waals surface area (Å²) in [6, 6.07) is 28.7. The van der Waals surface area contributed by atoms with Gasteiger partial charge >= 0.3 is 0 Å². The SMILES string of the molecule is COc1cc2c(cc1OC)CN(C[C@H]1O[C@@H](c3ccc(-c4ccccc4CNC(C)=O)cc3)O[C@@H](c3ccc(CO)cc3)[C@H]1C)CC2. The fraction of sp³-hybridized carbons (Fsp3) is 0.359. The van der Waals surface area contributed by atoms with Gasteiger partial charge in [0.15, 0.2) is 17.8 Å². The number of hydrogen-bond donors (Lipinski definition) is 2. The molecule has 6 rings (SSSR count). The first-order chi connectivity index (χ1) is 22.9. The number of amides is 1. The molecule has 0 bridgehead atoms. The first-order valence-corrected chi connectivity index (χ1v) is 16.3. The number of benzene rings is 4. The summed E-state index contributed by atoms with van der Waals surface area (Å²) in [5.74, 6) is 1.54. The van der Waals surface area contributed by atoms with Crippen LogP contribution >= 0.6 is 0 Å². The van der Waals surface area contributed by atoms with Crippen LogP contribution in [0.1, 0.15) is 59.6 Å². The molecule has 8 nitrogen and oxygen atoms in total. The van der Waals surface area contributed by atoms with Crippen LogP contribution in [-0.4, -0.2) is 49.3 Å². The van der Waals surface area contributed by atoms with Crippen molar-refractivity contribution < 1.29 is 28.8 Å². The zero-order valence-corrected chi connectivity index (χ0v) is 27.6. The Kier molecular flexibility index (Phi) is 10.2. The first-order valence-electron chi connectivity index (χ1n) is 16.3. The predicted molar refractivity (Wildman–Crippen MR) is 181 cm³/mol. The first kappa shape index (κ1) is 32.7. The zero-order chi connectivity index (χ0) is 32.9. The van der Waals surface area contributed by atoms with Gasteiger partial charge in [-0.1, -0.05) is 79.7 Å². The number of rotatable bonds is 10. The third kappa shape index (κ3) is 7.36. The summed E-state index contributed by atoms with van der Waals surface area (Å²) in [4.78, 5) is 14.0. The molecule has 4 aromatic rings. The molecule has 246 valence electrons. The van der Waals surface area contributed by atoms with Crippen LogP contribution in [0.5, 0.6) is 11.5 Å². The van der Waals surface area contributed by atoms with Crippen LogP contribution in [-0.2, 0) is 40.4 Å². The van der Waals surface area contributed by atoms with Gasteiger partial charge in [0.05, 0.1) is 33.0 Å². The highest BCUT2D eigenvalue weighted by Gasteiger charge is 2.39. The standard InChI is InChI=1S/C39H44N2O6/c1-25-37(23-41-18-17-31-19-35(44-3)36(45-4)20-33(31)22-41)46-39(47-38(25)29-11-9-27(24-42)10-12-29)30-15-13-28(14-16-30)34-8-6-5-7-32(34)21-40-26(2)43/h5-16,19-20,25,37-39,42H,17-18,21-24H2,1-4H3,(H,40,43)/t25-,37+,38+,39+/m0/s1. The molecule has 1 saturated heterocycles. The van der Waals surface area contributed by atoms with E-state index in [4.69, 9.17) is 18.9 Å². The molecule has 8 heteroatoms. The molecule has 4 atom stereocenters. The van der Waals surface area contributed by atoms with Gasteiger partial charge in [-0.3, -0.25) is 9.69 Å². The summed E-state index contributed by atoms with van der Waals surface area (Å²) >= 11 is 0. The number of aliphatic hydroxyl groups is 1. The van der Waals surface area contributed by atoms with Crippen molar-refractivity contribution in [2.45, 2.75) is 58.5 Å². The molecule has 2 heterocycles. The minimum absolute atomic E-state index is 0.00308. The van der Waals surface area contributed by atoms with Gasteiger partial charge in [0.2, 0.25) is 5.91 Å². The molecule has 0 aliphatic carbocycles. The number of nitrogens with one attached hydrogen (secondary N) is 1. The Labute approximate surface area is 277 Å². The van der Waals surface area contributed by atoms with Crippen molar-refractivity contribution in [2.75, 3.05) is 27.3 Å². The van der Waals surface area contributed by atoms with Gasteiger partial charge in [-0.15, -0.1) is 0 Å². The second kappa shape index (κ2) is 14.7. The zero-order valence-electron chi connectivity index (χ0n) is 27.6. The van der Waals surface area contributed by atoms with Gasteiger partial charge in [0.25, 0.3) is 0 Å². The van der Waals surface area contributed by atoms with Gasteiger partial charge in [-0.2, -0.15) is 0 Å². The average molecular weight is 637 g/mol. The topological polar surface area (TPSA) is 89.5 Å². The molecule has 2 aliphatic rings. The largest absolute Gasteiger partial charge is 0.493 e. The van der Waals surface area contributed by atoms with Crippen LogP contribution in [0.15, 0.2) is 84.9 Å².